The van der Waals surface area contributed by atoms with Crippen LogP contribution in [-0.4, -0.2) is 13.1 Å². The van der Waals surface area contributed by atoms with E-state index >= 15 is 0 Å². The first-order chi connectivity index (χ1) is 8.20. The highest BCUT2D eigenvalue weighted by molar-refractivity contribution is 14.1. The second kappa shape index (κ2) is 5.31. The Hall–Kier alpha value is -1.36. The normalized spacial score (nSPS) is 10.0. The van der Waals surface area contributed by atoms with Crippen molar-refractivity contribution >= 4 is 28.6 Å². The van der Waals surface area contributed by atoms with E-state index in [2.05, 4.69) is 51.6 Å². The van der Waals surface area contributed by atoms with Crippen molar-refractivity contribution < 1.29 is 9.53 Å². The van der Waals surface area contributed by atoms with Gasteiger partial charge in [-0.1, -0.05) is 24.3 Å². The van der Waals surface area contributed by atoms with Crippen LogP contribution in [0.25, 0.3) is 11.1 Å². The molecule has 0 aliphatic heterocycles. The molecule has 0 N–H and O–H groups in total. The lowest BCUT2D eigenvalue weighted by Gasteiger charge is -2.03. The Kier molecular flexibility index (Phi) is 3.78. The minimum Gasteiger partial charge on any atom is -0.465 e. The Balaban J connectivity index is 2.29. The summed E-state index contributed by atoms with van der Waals surface area (Å²) >= 11 is 2.27. The van der Waals surface area contributed by atoms with Gasteiger partial charge in [-0.2, -0.15) is 0 Å². The molecule has 2 nitrogen and oxygen atoms in total. The van der Waals surface area contributed by atoms with Crippen molar-refractivity contribution in [3.05, 3.63) is 57.7 Å². The van der Waals surface area contributed by atoms with Crippen molar-refractivity contribution in [2.45, 2.75) is 0 Å². The van der Waals surface area contributed by atoms with Crippen LogP contribution in [0.4, 0.5) is 0 Å². The summed E-state index contributed by atoms with van der Waals surface area (Å²) in [4.78, 5) is 11.3. The lowest BCUT2D eigenvalue weighted by molar-refractivity contribution is 0.0601. The van der Waals surface area contributed by atoms with Crippen LogP contribution in [0.15, 0.2) is 48.5 Å². The van der Waals surface area contributed by atoms with Crippen molar-refractivity contribution in [2.24, 2.45) is 0 Å². The monoisotopic (exact) mass is 338 g/mol. The van der Waals surface area contributed by atoms with E-state index in [1.165, 1.54) is 10.7 Å². The van der Waals surface area contributed by atoms with Gasteiger partial charge < -0.3 is 4.74 Å². The van der Waals surface area contributed by atoms with Gasteiger partial charge in [0.1, 0.15) is 0 Å². The SMILES string of the molecule is COC(=O)c1ccc(-c2ccc(I)cc2)cc1. The van der Waals surface area contributed by atoms with Crippen LogP contribution in [0.3, 0.4) is 0 Å². The van der Waals surface area contributed by atoms with E-state index in [4.69, 9.17) is 0 Å². The van der Waals surface area contributed by atoms with Crippen molar-refractivity contribution in [1.29, 1.82) is 0 Å². The van der Waals surface area contributed by atoms with Gasteiger partial charge in [-0.15, -0.1) is 0 Å². The van der Waals surface area contributed by atoms with E-state index in [0.29, 0.717) is 5.56 Å². The number of halogens is 1. The molecule has 2 aromatic rings. The molecule has 0 saturated heterocycles. The first-order valence-electron chi connectivity index (χ1n) is 5.15. The van der Waals surface area contributed by atoms with Crippen LogP contribution in [0.5, 0.6) is 0 Å². The average Bonchev–Trinajstić information content (AvgIpc) is 2.39. The predicted octanol–water partition coefficient (Wildman–Crippen LogP) is 3.74. The largest absolute Gasteiger partial charge is 0.465 e. The van der Waals surface area contributed by atoms with Gasteiger partial charge in [-0.25, -0.2) is 4.79 Å². The summed E-state index contributed by atoms with van der Waals surface area (Å²) in [6.07, 6.45) is 0. The van der Waals surface area contributed by atoms with Gasteiger partial charge >= 0.3 is 5.97 Å². The molecule has 0 aliphatic rings. The Bertz CT molecular complexity index is 515. The number of hydrogen-bond acceptors (Lipinski definition) is 2. The van der Waals surface area contributed by atoms with E-state index in [0.717, 1.165) is 11.1 Å². The maximum atomic E-state index is 11.3. The smallest absolute Gasteiger partial charge is 0.337 e. The zero-order valence-electron chi connectivity index (χ0n) is 9.31. The van der Waals surface area contributed by atoms with Crippen LogP contribution in [0, 0.1) is 3.57 Å². The molecule has 0 saturated carbocycles. The second-order valence-corrected chi connectivity index (χ2v) is 4.82. The minimum absolute atomic E-state index is 0.306. The topological polar surface area (TPSA) is 26.3 Å². The van der Waals surface area contributed by atoms with Crippen molar-refractivity contribution in [3.63, 3.8) is 0 Å². The molecule has 0 amide bonds. The molecule has 0 heterocycles. The molecule has 0 radical (unpaired) electrons. The highest BCUT2D eigenvalue weighted by Gasteiger charge is 2.04. The first-order valence-corrected chi connectivity index (χ1v) is 6.23. The number of ether oxygens (including phenoxy) is 1. The lowest BCUT2D eigenvalue weighted by atomic mass is 10.0. The van der Waals surface area contributed by atoms with Crippen molar-refractivity contribution in [3.8, 4) is 11.1 Å². The summed E-state index contributed by atoms with van der Waals surface area (Å²) in [7, 11) is 1.38. The molecular weight excluding hydrogens is 327 g/mol. The molecule has 86 valence electrons. The average molecular weight is 338 g/mol. The zero-order valence-corrected chi connectivity index (χ0v) is 11.5. The van der Waals surface area contributed by atoms with Gasteiger partial charge in [0.25, 0.3) is 0 Å². The molecule has 0 aromatic heterocycles. The highest BCUT2D eigenvalue weighted by Crippen LogP contribution is 2.21. The fraction of sp³-hybridized carbons (Fsp3) is 0.0714. The van der Waals surface area contributed by atoms with Crippen LogP contribution in [-0.2, 0) is 4.74 Å². The molecule has 2 aromatic carbocycles. The summed E-state index contributed by atoms with van der Waals surface area (Å²) in [5.41, 5.74) is 2.80. The van der Waals surface area contributed by atoms with Crippen LogP contribution in [0.2, 0.25) is 0 Å². The van der Waals surface area contributed by atoms with Gasteiger partial charge in [0.2, 0.25) is 0 Å². The second-order valence-electron chi connectivity index (χ2n) is 3.58. The third-order valence-corrected chi connectivity index (χ3v) is 3.20. The fourth-order valence-electron chi connectivity index (χ4n) is 1.56. The number of methoxy groups -OCH3 is 1. The Morgan fingerprint density at radius 1 is 0.941 bits per heavy atom. The van der Waals surface area contributed by atoms with Gasteiger partial charge in [0.05, 0.1) is 12.7 Å². The number of benzene rings is 2. The van der Waals surface area contributed by atoms with Gasteiger partial charge in [-0.3, -0.25) is 0 Å². The van der Waals surface area contributed by atoms with Crippen molar-refractivity contribution in [2.75, 3.05) is 7.11 Å². The van der Waals surface area contributed by atoms with Crippen LogP contribution in [0.1, 0.15) is 10.4 Å². The number of hydrogen-bond donors (Lipinski definition) is 0. The van der Waals surface area contributed by atoms with Crippen LogP contribution >= 0.6 is 22.6 Å². The van der Waals surface area contributed by atoms with E-state index in [1.54, 1.807) is 12.1 Å². The molecule has 17 heavy (non-hydrogen) atoms. The van der Waals surface area contributed by atoms with E-state index < -0.39 is 0 Å². The van der Waals surface area contributed by atoms with E-state index in [-0.39, 0.29) is 5.97 Å². The van der Waals surface area contributed by atoms with Gasteiger partial charge in [0.15, 0.2) is 0 Å². The Morgan fingerprint density at radius 3 is 1.88 bits per heavy atom. The van der Waals surface area contributed by atoms with Gasteiger partial charge in [0, 0.05) is 3.57 Å². The maximum Gasteiger partial charge on any atom is 0.337 e. The predicted molar refractivity (Wildman–Crippen MR) is 75.9 cm³/mol. The zero-order chi connectivity index (χ0) is 12.3. The third kappa shape index (κ3) is 2.85. The van der Waals surface area contributed by atoms with Crippen LogP contribution < -0.4 is 0 Å². The quantitative estimate of drug-likeness (QED) is 0.616. The van der Waals surface area contributed by atoms with Gasteiger partial charge in [-0.05, 0) is 58.0 Å². The molecule has 0 atom stereocenters. The minimum atomic E-state index is -0.306. The number of esters is 1. The number of rotatable bonds is 2. The molecular formula is C14H11IO2. The fourth-order valence-corrected chi connectivity index (χ4v) is 1.92. The van der Waals surface area contributed by atoms with E-state index in [1.807, 2.05) is 12.1 Å². The molecule has 0 fully saturated rings. The highest BCUT2D eigenvalue weighted by atomic mass is 127. The maximum absolute atomic E-state index is 11.3. The number of carbonyl (C=O) groups is 1. The van der Waals surface area contributed by atoms with Crippen molar-refractivity contribution in [1.82, 2.24) is 0 Å². The molecule has 0 aliphatic carbocycles. The summed E-state index contributed by atoms with van der Waals surface area (Å²) in [5.74, 6) is -0.306. The standard InChI is InChI=1S/C14H11IO2/c1-17-14(16)12-4-2-10(3-5-12)11-6-8-13(15)9-7-11/h2-9H,1H3. The van der Waals surface area contributed by atoms with E-state index in [9.17, 15) is 4.79 Å². The Morgan fingerprint density at radius 2 is 1.41 bits per heavy atom. The molecule has 0 unspecified atom stereocenters. The summed E-state index contributed by atoms with van der Waals surface area (Å²) in [6.45, 7) is 0. The molecule has 0 bridgehead atoms. The Labute approximate surface area is 114 Å². The summed E-state index contributed by atoms with van der Waals surface area (Å²) in [6, 6.07) is 15.7. The summed E-state index contributed by atoms with van der Waals surface area (Å²) in [5, 5.41) is 0. The third-order valence-electron chi connectivity index (χ3n) is 2.48. The summed E-state index contributed by atoms with van der Waals surface area (Å²) < 4.78 is 5.86. The molecule has 0 spiro atoms. The number of carbonyl (C=O) groups excluding carboxylic acids is 1. The first kappa shape index (κ1) is 12.1. The molecule has 2 rings (SSSR count). The lowest BCUT2D eigenvalue weighted by Crippen LogP contribution is -2.00. The molecule has 3 heteroatoms.